The number of nitrogens with zero attached hydrogens (tertiary/aromatic N) is 9. The molecular formula is C33H35N9O6S4. The van der Waals surface area contributed by atoms with Gasteiger partial charge in [-0.3, -0.25) is 45.3 Å². The lowest BCUT2D eigenvalue weighted by atomic mass is 10.1. The fourth-order valence-corrected chi connectivity index (χ4v) is 9.53. The summed E-state index contributed by atoms with van der Waals surface area (Å²) in [5.74, 6) is 3.29. The highest BCUT2D eigenvalue weighted by Gasteiger charge is 2.33. The van der Waals surface area contributed by atoms with Crippen LogP contribution in [0.25, 0.3) is 0 Å². The second-order valence-corrected chi connectivity index (χ2v) is 15.4. The Kier molecular flexibility index (Phi) is 11.9. The number of nitro benzene ring substituents is 3. The predicted octanol–water partition coefficient (Wildman–Crippen LogP) is 6.28. The highest BCUT2D eigenvalue weighted by molar-refractivity contribution is 8.14. The minimum absolute atomic E-state index is 0. The number of non-ortho nitro benzene ring substituents is 3. The number of fused-ring (bicyclic) bond motifs is 3. The van der Waals surface area contributed by atoms with Crippen LogP contribution in [-0.2, 0) is 0 Å². The van der Waals surface area contributed by atoms with Crippen LogP contribution in [0.3, 0.4) is 0 Å². The van der Waals surface area contributed by atoms with E-state index in [1.165, 1.54) is 18.2 Å². The fraction of sp³-hybridized carbons (Fsp3) is 0.364. The number of nitro groups is 3. The van der Waals surface area contributed by atoms with Gasteiger partial charge in [0, 0.05) is 92.9 Å². The minimum atomic E-state index is -0.360. The van der Waals surface area contributed by atoms with Crippen molar-refractivity contribution in [3.63, 3.8) is 0 Å². The van der Waals surface area contributed by atoms with E-state index in [1.54, 1.807) is 71.7 Å². The third-order valence-corrected chi connectivity index (χ3v) is 12.0. The van der Waals surface area contributed by atoms with Gasteiger partial charge in [-0.25, -0.2) is 0 Å². The molecular weight excluding hydrogens is 747 g/mol. The Labute approximate surface area is 318 Å². The van der Waals surface area contributed by atoms with E-state index in [0.29, 0.717) is 0 Å². The van der Waals surface area contributed by atoms with Crippen molar-refractivity contribution in [1.82, 2.24) is 14.7 Å². The number of hydrogen-bond donors (Lipinski definition) is 0. The van der Waals surface area contributed by atoms with E-state index in [0.717, 1.165) is 88.7 Å². The number of amidine groups is 3. The zero-order valence-corrected chi connectivity index (χ0v) is 31.2. The summed E-state index contributed by atoms with van der Waals surface area (Å²) in [7, 11) is 0. The Morgan fingerprint density at radius 2 is 0.808 bits per heavy atom. The first-order valence-corrected chi connectivity index (χ1v) is 19.3. The maximum atomic E-state index is 10.7. The largest absolute Gasteiger partial charge is 0.348 e. The van der Waals surface area contributed by atoms with E-state index in [9.17, 15) is 30.3 Å². The quantitative estimate of drug-likeness (QED) is 0.203. The average Bonchev–Trinajstić information content (AvgIpc) is 3.97. The molecule has 6 heterocycles. The summed E-state index contributed by atoms with van der Waals surface area (Å²) in [5, 5.41) is 35.4. The molecule has 6 aliphatic rings. The molecule has 0 spiro atoms. The van der Waals surface area contributed by atoms with Crippen molar-refractivity contribution in [2.24, 2.45) is 15.0 Å². The first-order chi connectivity index (χ1) is 24.7. The highest BCUT2D eigenvalue weighted by Crippen LogP contribution is 2.35. The van der Waals surface area contributed by atoms with Crippen molar-refractivity contribution in [2.45, 2.75) is 18.1 Å². The molecule has 0 bridgehead atoms. The lowest BCUT2D eigenvalue weighted by Gasteiger charge is -2.12. The molecule has 0 amide bonds. The predicted molar refractivity (Wildman–Crippen MR) is 212 cm³/mol. The number of benzene rings is 3. The zero-order chi connectivity index (χ0) is 35.5. The van der Waals surface area contributed by atoms with Crippen molar-refractivity contribution in [3.8, 4) is 0 Å². The summed E-state index contributed by atoms with van der Waals surface area (Å²) >= 11 is 5.29. The van der Waals surface area contributed by atoms with Gasteiger partial charge in [-0.05, 0) is 16.7 Å². The van der Waals surface area contributed by atoms with Gasteiger partial charge >= 0.3 is 0 Å². The molecule has 3 saturated heterocycles. The molecule has 6 aliphatic heterocycles. The van der Waals surface area contributed by atoms with Gasteiger partial charge in [-0.2, -0.15) is 13.5 Å². The van der Waals surface area contributed by atoms with Crippen LogP contribution >= 0.6 is 48.8 Å². The van der Waals surface area contributed by atoms with Gasteiger partial charge in [0.05, 0.1) is 32.9 Å². The van der Waals surface area contributed by atoms with Crippen LogP contribution in [-0.4, -0.2) is 101 Å². The first-order valence-electron chi connectivity index (χ1n) is 16.3. The summed E-state index contributed by atoms with van der Waals surface area (Å²) in [6, 6.07) is 20.5. The lowest BCUT2D eigenvalue weighted by molar-refractivity contribution is -0.385. The molecule has 19 heteroatoms. The van der Waals surface area contributed by atoms with Crippen LogP contribution in [0.2, 0.25) is 0 Å². The topological polar surface area (TPSA) is 176 Å². The van der Waals surface area contributed by atoms with Gasteiger partial charge in [0.15, 0.2) is 15.5 Å². The van der Waals surface area contributed by atoms with Crippen LogP contribution in [0.5, 0.6) is 0 Å². The molecule has 3 aromatic carbocycles. The molecule has 1 unspecified atom stereocenters. The molecule has 9 rings (SSSR count). The van der Waals surface area contributed by atoms with Crippen LogP contribution < -0.4 is 0 Å². The van der Waals surface area contributed by atoms with Crippen LogP contribution in [0.4, 0.5) is 17.1 Å². The molecule has 0 aromatic heterocycles. The molecule has 272 valence electrons. The minimum Gasteiger partial charge on any atom is -0.348 e. The molecule has 0 radical (unpaired) electrons. The Bertz CT molecular complexity index is 1730. The number of thioether (sulfide) groups is 3. The molecule has 15 nitrogen and oxygen atoms in total. The first kappa shape index (κ1) is 37.4. The zero-order valence-electron chi connectivity index (χ0n) is 27.7. The van der Waals surface area contributed by atoms with Gasteiger partial charge in [0.1, 0.15) is 0 Å². The van der Waals surface area contributed by atoms with Crippen LogP contribution in [0.15, 0.2) is 87.8 Å². The molecule has 0 saturated carbocycles. The number of rotatable bonds is 6. The summed E-state index contributed by atoms with van der Waals surface area (Å²) in [6.07, 6.45) is 0. The molecule has 52 heavy (non-hydrogen) atoms. The van der Waals surface area contributed by atoms with E-state index < -0.39 is 0 Å². The van der Waals surface area contributed by atoms with E-state index in [2.05, 4.69) is 29.7 Å². The summed E-state index contributed by atoms with van der Waals surface area (Å²) in [4.78, 5) is 51.6. The second-order valence-electron chi connectivity index (χ2n) is 12.2. The molecule has 3 fully saturated rings. The van der Waals surface area contributed by atoms with E-state index in [-0.39, 0.29) is 63.5 Å². The normalized spacial score (nSPS) is 22.0. The van der Waals surface area contributed by atoms with Crippen molar-refractivity contribution < 1.29 is 14.8 Å². The third-order valence-electron chi connectivity index (χ3n) is 8.96. The number of hydrogen-bond acceptors (Lipinski definition) is 15. The van der Waals surface area contributed by atoms with E-state index in [4.69, 9.17) is 0 Å². The number of aliphatic imine (C=N–C) groups is 3. The SMILES string of the molecule is O=[N+]([O-])c1cccc(C2CN3CCSC3=N2)c1.O=[N+]([O-])c1cccc([C@@H]2CN3CCSC3=N2)c1.O=[N+]([O-])c1cccc([C@H]2CN3CCSC3=N2)c1.S. The highest BCUT2D eigenvalue weighted by atomic mass is 32.2. The molecule has 0 aliphatic carbocycles. The second kappa shape index (κ2) is 16.6. The average molecular weight is 782 g/mol. The smallest absolute Gasteiger partial charge is 0.269 e. The molecule has 0 N–H and O–H groups in total. The van der Waals surface area contributed by atoms with Crippen molar-refractivity contribution in [2.75, 3.05) is 56.5 Å². The van der Waals surface area contributed by atoms with Crippen LogP contribution in [0, 0.1) is 30.3 Å². The molecule has 3 atom stereocenters. The van der Waals surface area contributed by atoms with E-state index in [1.807, 2.05) is 18.2 Å². The fourth-order valence-electron chi connectivity index (χ4n) is 6.39. The molecule has 3 aromatic rings. The monoisotopic (exact) mass is 781 g/mol. The summed E-state index contributed by atoms with van der Waals surface area (Å²) in [5.41, 5.74) is 3.22. The van der Waals surface area contributed by atoms with Gasteiger partial charge < -0.3 is 14.7 Å². The lowest BCUT2D eigenvalue weighted by Crippen LogP contribution is -2.21. The Morgan fingerprint density at radius 1 is 0.519 bits per heavy atom. The Hall–Kier alpha value is -4.33. The van der Waals surface area contributed by atoms with Crippen molar-refractivity contribution in [3.05, 3.63) is 120 Å². The van der Waals surface area contributed by atoms with Gasteiger partial charge in [0.25, 0.3) is 17.1 Å². The van der Waals surface area contributed by atoms with Gasteiger partial charge in [0.2, 0.25) is 0 Å². The van der Waals surface area contributed by atoms with Gasteiger partial charge in [-0.1, -0.05) is 71.7 Å². The Morgan fingerprint density at radius 3 is 1.06 bits per heavy atom. The maximum Gasteiger partial charge on any atom is 0.269 e. The summed E-state index contributed by atoms with van der Waals surface area (Å²) < 4.78 is 0. The summed E-state index contributed by atoms with van der Waals surface area (Å²) in [6.45, 7) is 5.66. The third kappa shape index (κ3) is 8.48. The Balaban J connectivity index is 0.000000133. The maximum absolute atomic E-state index is 10.7. The van der Waals surface area contributed by atoms with Crippen LogP contribution in [0.1, 0.15) is 34.8 Å². The standard InChI is InChI=1S/3C11H11N3O2S.H2S/c3*15-14(16)9-3-1-2-8(6-9)10-7-13-4-5-17-11(13)12-10;/h3*1-3,6,10H,4-5,7H2;1H2/t2*10-;;/m10../s1. The van der Waals surface area contributed by atoms with E-state index >= 15 is 0 Å². The van der Waals surface area contributed by atoms with Crippen molar-refractivity contribution >= 4 is 81.3 Å². The van der Waals surface area contributed by atoms with Gasteiger partial charge in [-0.15, -0.1) is 0 Å². The van der Waals surface area contributed by atoms with Crippen molar-refractivity contribution in [1.29, 1.82) is 0 Å².